The third-order valence-corrected chi connectivity index (χ3v) is 5.87. The Morgan fingerprint density at radius 3 is 2.72 bits per heavy atom. The van der Waals surface area contributed by atoms with E-state index in [1.54, 1.807) is 16.7 Å². The number of nitrogens with one attached hydrogen (secondary N) is 1. The SMILES string of the molecule is COCCn1c(C)cc(C(=O)NCc2nnn3c2CN(Cc2ccccc2)C(=O)C3)c1C. The molecule has 2 aromatic heterocycles. The maximum atomic E-state index is 12.9. The molecule has 0 saturated carbocycles. The van der Waals surface area contributed by atoms with Gasteiger partial charge in [-0.25, -0.2) is 4.68 Å². The molecule has 0 saturated heterocycles. The van der Waals surface area contributed by atoms with Crippen LogP contribution in [0.2, 0.25) is 0 Å². The van der Waals surface area contributed by atoms with Gasteiger partial charge in [-0.15, -0.1) is 5.10 Å². The van der Waals surface area contributed by atoms with Crippen LogP contribution in [0.1, 0.15) is 38.7 Å². The number of hydrogen-bond donors (Lipinski definition) is 1. The number of fused-ring (bicyclic) bond motifs is 1. The summed E-state index contributed by atoms with van der Waals surface area (Å²) in [5, 5.41) is 11.3. The van der Waals surface area contributed by atoms with Crippen LogP contribution in [0.15, 0.2) is 36.4 Å². The second-order valence-electron chi connectivity index (χ2n) is 7.99. The lowest BCUT2D eigenvalue weighted by Gasteiger charge is -2.27. The molecule has 9 nitrogen and oxygen atoms in total. The number of nitrogens with zero attached hydrogens (tertiary/aromatic N) is 5. The Kier molecular flexibility index (Phi) is 6.36. The molecule has 1 N–H and O–H groups in total. The predicted octanol–water partition coefficient (Wildman–Crippen LogP) is 1.82. The fraction of sp³-hybridized carbons (Fsp3) is 0.391. The van der Waals surface area contributed by atoms with E-state index in [1.807, 2.05) is 50.2 Å². The molecule has 0 fully saturated rings. The second-order valence-corrected chi connectivity index (χ2v) is 7.99. The van der Waals surface area contributed by atoms with Crippen molar-refractivity contribution in [2.45, 2.75) is 46.6 Å². The van der Waals surface area contributed by atoms with E-state index in [9.17, 15) is 9.59 Å². The quantitative estimate of drug-likeness (QED) is 0.581. The van der Waals surface area contributed by atoms with E-state index >= 15 is 0 Å². The fourth-order valence-corrected chi connectivity index (χ4v) is 4.07. The van der Waals surface area contributed by atoms with Gasteiger partial charge in [0.2, 0.25) is 5.91 Å². The molecular formula is C23H28N6O3. The predicted molar refractivity (Wildman–Crippen MR) is 118 cm³/mol. The van der Waals surface area contributed by atoms with Crippen molar-refractivity contribution in [2.24, 2.45) is 0 Å². The van der Waals surface area contributed by atoms with Crippen molar-refractivity contribution in [2.75, 3.05) is 13.7 Å². The van der Waals surface area contributed by atoms with E-state index in [1.165, 1.54) is 0 Å². The monoisotopic (exact) mass is 436 g/mol. The molecular weight excluding hydrogens is 408 g/mol. The molecule has 168 valence electrons. The van der Waals surface area contributed by atoms with Crippen LogP contribution in [0, 0.1) is 13.8 Å². The molecule has 1 aromatic carbocycles. The molecule has 0 spiro atoms. The van der Waals surface area contributed by atoms with Gasteiger partial charge in [-0.1, -0.05) is 35.5 Å². The number of amides is 2. The Bertz CT molecular complexity index is 1120. The normalized spacial score (nSPS) is 13.3. The van der Waals surface area contributed by atoms with E-state index < -0.39 is 0 Å². The van der Waals surface area contributed by atoms with Crippen molar-refractivity contribution in [1.82, 2.24) is 29.8 Å². The number of rotatable bonds is 8. The van der Waals surface area contributed by atoms with Crippen LogP contribution in [-0.2, 0) is 42.3 Å². The molecule has 0 atom stereocenters. The molecule has 3 aromatic rings. The summed E-state index contributed by atoms with van der Waals surface area (Å²) in [6.45, 7) is 6.56. The van der Waals surface area contributed by atoms with E-state index in [4.69, 9.17) is 4.74 Å². The van der Waals surface area contributed by atoms with E-state index in [-0.39, 0.29) is 24.9 Å². The molecule has 4 rings (SSSR count). The minimum atomic E-state index is -0.156. The topological polar surface area (TPSA) is 94.3 Å². The molecule has 0 unspecified atom stereocenters. The number of aryl methyl sites for hydroxylation is 1. The zero-order valence-electron chi connectivity index (χ0n) is 18.7. The first-order valence-electron chi connectivity index (χ1n) is 10.6. The summed E-state index contributed by atoms with van der Waals surface area (Å²) < 4.78 is 8.86. The first kappa shape index (κ1) is 21.8. The summed E-state index contributed by atoms with van der Waals surface area (Å²) in [7, 11) is 1.66. The largest absolute Gasteiger partial charge is 0.383 e. The number of aromatic nitrogens is 4. The lowest BCUT2D eigenvalue weighted by Crippen LogP contribution is -2.39. The van der Waals surface area contributed by atoms with Crippen molar-refractivity contribution in [3.63, 3.8) is 0 Å². The number of carbonyl (C=O) groups is 2. The second kappa shape index (κ2) is 9.35. The van der Waals surface area contributed by atoms with Crippen LogP contribution >= 0.6 is 0 Å². The van der Waals surface area contributed by atoms with Gasteiger partial charge >= 0.3 is 0 Å². The highest BCUT2D eigenvalue weighted by molar-refractivity contribution is 5.95. The Morgan fingerprint density at radius 1 is 1.19 bits per heavy atom. The third kappa shape index (κ3) is 4.43. The van der Waals surface area contributed by atoms with Crippen molar-refractivity contribution in [3.8, 4) is 0 Å². The van der Waals surface area contributed by atoms with Crippen molar-refractivity contribution in [3.05, 3.63) is 70.3 Å². The highest BCUT2D eigenvalue weighted by atomic mass is 16.5. The summed E-state index contributed by atoms with van der Waals surface area (Å²) in [5.74, 6) is -0.151. The van der Waals surface area contributed by atoms with Gasteiger partial charge in [-0.2, -0.15) is 0 Å². The van der Waals surface area contributed by atoms with Crippen LogP contribution in [0.3, 0.4) is 0 Å². The van der Waals surface area contributed by atoms with Crippen LogP contribution in [0.4, 0.5) is 0 Å². The van der Waals surface area contributed by atoms with Gasteiger partial charge in [0.25, 0.3) is 5.91 Å². The van der Waals surface area contributed by atoms with Crippen LogP contribution in [0.5, 0.6) is 0 Å². The average Bonchev–Trinajstić information content (AvgIpc) is 3.31. The van der Waals surface area contributed by atoms with E-state index in [2.05, 4.69) is 20.2 Å². The molecule has 32 heavy (non-hydrogen) atoms. The zero-order chi connectivity index (χ0) is 22.7. The fourth-order valence-electron chi connectivity index (χ4n) is 4.07. The Labute approximate surface area is 187 Å². The van der Waals surface area contributed by atoms with Gasteiger partial charge in [0.1, 0.15) is 12.2 Å². The number of carbonyl (C=O) groups excluding carboxylic acids is 2. The minimum absolute atomic E-state index is 0.00494. The van der Waals surface area contributed by atoms with Crippen LogP contribution in [-0.4, -0.2) is 50.0 Å². The van der Waals surface area contributed by atoms with Gasteiger partial charge in [-0.05, 0) is 25.5 Å². The first-order chi connectivity index (χ1) is 15.5. The highest BCUT2D eigenvalue weighted by Crippen LogP contribution is 2.19. The van der Waals surface area contributed by atoms with Crippen LogP contribution < -0.4 is 5.32 Å². The third-order valence-electron chi connectivity index (χ3n) is 5.87. The number of ether oxygens (including phenoxy) is 1. The molecule has 9 heteroatoms. The van der Waals surface area contributed by atoms with Gasteiger partial charge in [0, 0.05) is 31.6 Å². The average molecular weight is 437 g/mol. The lowest BCUT2D eigenvalue weighted by atomic mass is 10.1. The van der Waals surface area contributed by atoms with Crippen molar-refractivity contribution in [1.29, 1.82) is 0 Å². The van der Waals surface area contributed by atoms with E-state index in [0.29, 0.717) is 37.5 Å². The lowest BCUT2D eigenvalue weighted by molar-refractivity contribution is -0.135. The minimum Gasteiger partial charge on any atom is -0.383 e. The number of benzene rings is 1. The highest BCUT2D eigenvalue weighted by Gasteiger charge is 2.27. The molecule has 2 amide bonds. The summed E-state index contributed by atoms with van der Waals surface area (Å²) in [6.07, 6.45) is 0. The summed E-state index contributed by atoms with van der Waals surface area (Å²) in [5.41, 5.74) is 5.16. The van der Waals surface area contributed by atoms with Crippen molar-refractivity contribution >= 4 is 11.8 Å². The standard InChI is InChI=1S/C23H28N6O3/c1-16-11-19(17(2)28(16)9-10-32-3)23(31)24-12-20-21-14-27(13-18-7-5-4-6-8-18)22(30)15-29(21)26-25-20/h4-8,11H,9-10,12-15H2,1-3H3,(H,24,31). The van der Waals surface area contributed by atoms with E-state index in [0.717, 1.165) is 22.6 Å². The van der Waals surface area contributed by atoms with Gasteiger partial charge in [0.15, 0.2) is 0 Å². The Balaban J connectivity index is 1.44. The smallest absolute Gasteiger partial charge is 0.253 e. The number of hydrogen-bond acceptors (Lipinski definition) is 5. The Hall–Kier alpha value is -3.46. The van der Waals surface area contributed by atoms with Crippen LogP contribution in [0.25, 0.3) is 0 Å². The van der Waals surface area contributed by atoms with Gasteiger partial charge in [0.05, 0.1) is 31.0 Å². The summed E-state index contributed by atoms with van der Waals surface area (Å²) in [6, 6.07) is 11.8. The molecule has 3 heterocycles. The molecule has 1 aliphatic heterocycles. The molecule has 0 bridgehead atoms. The first-order valence-corrected chi connectivity index (χ1v) is 10.6. The maximum absolute atomic E-state index is 12.9. The Morgan fingerprint density at radius 2 is 1.97 bits per heavy atom. The summed E-state index contributed by atoms with van der Waals surface area (Å²) >= 11 is 0. The molecule has 1 aliphatic rings. The van der Waals surface area contributed by atoms with Gasteiger partial charge < -0.3 is 19.5 Å². The molecule has 0 aliphatic carbocycles. The maximum Gasteiger partial charge on any atom is 0.253 e. The van der Waals surface area contributed by atoms with Gasteiger partial charge in [-0.3, -0.25) is 9.59 Å². The summed E-state index contributed by atoms with van der Waals surface area (Å²) in [4.78, 5) is 27.2. The van der Waals surface area contributed by atoms with Crippen molar-refractivity contribution < 1.29 is 14.3 Å². The zero-order valence-corrected chi connectivity index (χ0v) is 18.7. The molecule has 0 radical (unpaired) electrons. The number of methoxy groups -OCH3 is 1.